The van der Waals surface area contributed by atoms with Crippen LogP contribution in [-0.4, -0.2) is 47.0 Å². The predicted octanol–water partition coefficient (Wildman–Crippen LogP) is 7.66. The Balaban J connectivity index is 1.59. The van der Waals surface area contributed by atoms with Gasteiger partial charge in [-0.2, -0.15) is 0 Å². The standard InChI is InChI=1S/C32H54O5Si/c1-23(20-36-22-35-6)12-9-15-26(33)16-10-13-25(21-37-38(7,8)31(2,3)4)27-18-17-24-14-11-19-32(5)28(24)29(32)30(27)34/h12,14,25,27-29H,9-11,13,15-22H2,1-8H3/b23-12+/t25-,27?,28-,29-,32-/m0/s1. The molecule has 2 saturated carbocycles. The maximum atomic E-state index is 13.9. The molecule has 5 atom stereocenters. The first-order valence-corrected chi connectivity index (χ1v) is 17.8. The van der Waals surface area contributed by atoms with Gasteiger partial charge >= 0.3 is 0 Å². The highest BCUT2D eigenvalue weighted by Crippen LogP contribution is 2.69. The van der Waals surface area contributed by atoms with E-state index in [-0.39, 0.29) is 35.0 Å². The van der Waals surface area contributed by atoms with E-state index in [1.165, 1.54) is 0 Å². The number of ether oxygens (including phenoxy) is 2. The van der Waals surface area contributed by atoms with Crippen molar-refractivity contribution >= 4 is 19.9 Å². The van der Waals surface area contributed by atoms with Gasteiger partial charge in [0.1, 0.15) is 18.4 Å². The number of hydrogen-bond acceptors (Lipinski definition) is 5. The van der Waals surface area contributed by atoms with Crippen LogP contribution < -0.4 is 0 Å². The van der Waals surface area contributed by atoms with Crippen LogP contribution in [0.25, 0.3) is 0 Å². The first kappa shape index (κ1) is 31.4. The van der Waals surface area contributed by atoms with Crippen molar-refractivity contribution in [1.29, 1.82) is 0 Å². The van der Waals surface area contributed by atoms with Crippen molar-refractivity contribution in [3.05, 3.63) is 23.3 Å². The minimum absolute atomic E-state index is 0.0610. The molecule has 0 saturated heterocycles. The number of carbonyl (C=O) groups is 2. The van der Waals surface area contributed by atoms with Crippen LogP contribution in [0.3, 0.4) is 0 Å². The summed E-state index contributed by atoms with van der Waals surface area (Å²) in [6.45, 7) is 17.2. The lowest BCUT2D eigenvalue weighted by Gasteiger charge is -2.38. The van der Waals surface area contributed by atoms with Gasteiger partial charge in [-0.1, -0.05) is 51.0 Å². The van der Waals surface area contributed by atoms with Gasteiger partial charge in [0.05, 0.1) is 6.61 Å². The van der Waals surface area contributed by atoms with Crippen molar-refractivity contribution in [3.63, 3.8) is 0 Å². The summed E-state index contributed by atoms with van der Waals surface area (Å²) < 4.78 is 17.0. The fraction of sp³-hybridized carbons (Fsp3) is 0.812. The first-order chi connectivity index (χ1) is 17.8. The van der Waals surface area contributed by atoms with Gasteiger partial charge in [0.25, 0.3) is 0 Å². The van der Waals surface area contributed by atoms with Crippen molar-refractivity contribution in [2.24, 2.45) is 29.1 Å². The Bertz CT molecular complexity index is 898. The molecule has 216 valence electrons. The summed E-state index contributed by atoms with van der Waals surface area (Å²) >= 11 is 0. The third-order valence-corrected chi connectivity index (χ3v) is 14.6. The summed E-state index contributed by atoms with van der Waals surface area (Å²) in [5.41, 5.74) is 2.87. The van der Waals surface area contributed by atoms with Crippen LogP contribution in [0.2, 0.25) is 18.1 Å². The number of allylic oxidation sites excluding steroid dienone is 3. The topological polar surface area (TPSA) is 61.8 Å². The van der Waals surface area contributed by atoms with E-state index in [9.17, 15) is 9.59 Å². The average molecular weight is 547 g/mol. The predicted molar refractivity (Wildman–Crippen MR) is 156 cm³/mol. The molecule has 0 radical (unpaired) electrons. The molecule has 0 amide bonds. The van der Waals surface area contributed by atoms with Crippen molar-refractivity contribution < 1.29 is 23.5 Å². The lowest BCUT2D eigenvalue weighted by Crippen LogP contribution is -2.43. The fourth-order valence-electron chi connectivity index (χ4n) is 6.56. The molecule has 3 aliphatic carbocycles. The lowest BCUT2D eigenvalue weighted by atomic mass is 9.78. The molecule has 0 spiro atoms. The van der Waals surface area contributed by atoms with E-state index >= 15 is 0 Å². The second-order valence-electron chi connectivity index (χ2n) is 13.9. The number of fused-ring (bicyclic) bond motifs is 1. The second-order valence-corrected chi connectivity index (χ2v) is 18.7. The van der Waals surface area contributed by atoms with E-state index < -0.39 is 8.32 Å². The molecule has 3 aliphatic rings. The summed E-state index contributed by atoms with van der Waals surface area (Å²) in [7, 11) is -0.316. The van der Waals surface area contributed by atoms with E-state index in [1.807, 2.05) is 6.92 Å². The molecule has 2 fully saturated rings. The van der Waals surface area contributed by atoms with Crippen LogP contribution in [0.15, 0.2) is 23.3 Å². The van der Waals surface area contributed by atoms with Crippen LogP contribution in [-0.2, 0) is 23.5 Å². The molecule has 0 heterocycles. The molecular weight excluding hydrogens is 492 g/mol. The zero-order valence-electron chi connectivity index (χ0n) is 25.5. The molecule has 0 aromatic rings. The molecule has 0 N–H and O–H groups in total. The maximum absolute atomic E-state index is 13.9. The van der Waals surface area contributed by atoms with Crippen LogP contribution in [0.5, 0.6) is 0 Å². The van der Waals surface area contributed by atoms with E-state index in [2.05, 4.69) is 52.9 Å². The quantitative estimate of drug-likeness (QED) is 0.0913. The fourth-order valence-corrected chi connectivity index (χ4v) is 7.63. The van der Waals surface area contributed by atoms with Gasteiger partial charge in [0.2, 0.25) is 0 Å². The molecule has 5 nitrogen and oxygen atoms in total. The Kier molecular flexibility index (Phi) is 10.8. The molecule has 3 rings (SSSR count). The third kappa shape index (κ3) is 7.55. The zero-order chi connectivity index (χ0) is 28.1. The molecule has 0 aliphatic heterocycles. The van der Waals surface area contributed by atoms with Crippen LogP contribution in [0, 0.1) is 29.1 Å². The average Bonchev–Trinajstić information content (AvgIpc) is 3.51. The Morgan fingerprint density at radius 2 is 1.97 bits per heavy atom. The van der Waals surface area contributed by atoms with Crippen molar-refractivity contribution in [2.45, 2.75) is 111 Å². The second kappa shape index (κ2) is 13.1. The highest BCUT2D eigenvalue weighted by molar-refractivity contribution is 6.74. The van der Waals surface area contributed by atoms with Crippen LogP contribution >= 0.6 is 0 Å². The molecular formula is C32H54O5Si. The summed E-state index contributed by atoms with van der Waals surface area (Å²) in [6, 6.07) is 0. The molecule has 0 aromatic heterocycles. The number of Topliss-reactive ketones (excluding diaryl/α,β-unsaturated/α-hetero) is 2. The first-order valence-electron chi connectivity index (χ1n) is 14.9. The number of hydrogen-bond donors (Lipinski definition) is 0. The van der Waals surface area contributed by atoms with Crippen LogP contribution in [0.4, 0.5) is 0 Å². The summed E-state index contributed by atoms with van der Waals surface area (Å²) in [5, 5.41) is 0.137. The Hall–Kier alpha value is -1.08. The minimum Gasteiger partial charge on any atom is -0.417 e. The lowest BCUT2D eigenvalue weighted by molar-refractivity contribution is -0.127. The highest BCUT2D eigenvalue weighted by atomic mass is 28.4. The molecule has 6 heteroatoms. The van der Waals surface area contributed by atoms with Crippen molar-refractivity contribution in [1.82, 2.24) is 0 Å². The van der Waals surface area contributed by atoms with E-state index in [0.29, 0.717) is 43.5 Å². The van der Waals surface area contributed by atoms with E-state index in [0.717, 1.165) is 50.5 Å². The summed E-state index contributed by atoms with van der Waals surface area (Å²) in [6.07, 6.45) is 12.4. The van der Waals surface area contributed by atoms with Crippen molar-refractivity contribution in [2.75, 3.05) is 27.1 Å². The maximum Gasteiger partial charge on any atom is 0.191 e. The summed E-state index contributed by atoms with van der Waals surface area (Å²) in [5.74, 6) is 1.77. The third-order valence-electron chi connectivity index (χ3n) is 10.1. The monoisotopic (exact) mass is 546 g/mol. The van der Waals surface area contributed by atoms with Crippen LogP contribution in [0.1, 0.15) is 92.4 Å². The Labute approximate surface area is 233 Å². The van der Waals surface area contributed by atoms with Gasteiger partial charge in [-0.15, -0.1) is 0 Å². The molecule has 0 bridgehead atoms. The number of carbonyl (C=O) groups excluding carboxylic acids is 2. The van der Waals surface area contributed by atoms with E-state index in [4.69, 9.17) is 13.9 Å². The SMILES string of the molecule is COCOC/C(C)=C/CCC(=O)CCC[C@@H](CO[Si](C)(C)C(C)(C)C)C1CCC2=CCC[C@]3(C)[C@H](C1=O)[C@H]23. The van der Waals surface area contributed by atoms with Gasteiger partial charge < -0.3 is 13.9 Å². The highest BCUT2D eigenvalue weighted by Gasteiger charge is 2.67. The smallest absolute Gasteiger partial charge is 0.191 e. The summed E-state index contributed by atoms with van der Waals surface area (Å²) in [4.78, 5) is 26.6. The van der Waals surface area contributed by atoms with Crippen molar-refractivity contribution in [3.8, 4) is 0 Å². The van der Waals surface area contributed by atoms with Gasteiger partial charge in [0, 0.05) is 38.4 Å². The Morgan fingerprint density at radius 1 is 1.24 bits per heavy atom. The Morgan fingerprint density at radius 3 is 2.66 bits per heavy atom. The number of methoxy groups -OCH3 is 1. The van der Waals surface area contributed by atoms with Gasteiger partial charge in [-0.3, -0.25) is 9.59 Å². The number of rotatable bonds is 15. The molecule has 1 unspecified atom stereocenters. The molecule has 0 aromatic carbocycles. The van der Waals surface area contributed by atoms with Gasteiger partial charge in [0.15, 0.2) is 8.32 Å². The molecule has 38 heavy (non-hydrogen) atoms. The van der Waals surface area contributed by atoms with Gasteiger partial charge in [-0.25, -0.2) is 0 Å². The number of ketones is 2. The zero-order valence-corrected chi connectivity index (χ0v) is 26.5. The van der Waals surface area contributed by atoms with E-state index in [1.54, 1.807) is 12.7 Å². The largest absolute Gasteiger partial charge is 0.417 e. The minimum atomic E-state index is -1.93. The van der Waals surface area contributed by atoms with Gasteiger partial charge in [-0.05, 0) is 87.3 Å². The normalized spacial score (nSPS) is 28.4.